The molecule has 0 spiro atoms. The molecule has 1 saturated carbocycles. The van der Waals surface area contributed by atoms with Gasteiger partial charge >= 0.3 is 0 Å². The molecule has 5 heteroatoms. The molecule has 0 saturated heterocycles. The van der Waals surface area contributed by atoms with Gasteiger partial charge in [0.25, 0.3) is 0 Å². The lowest BCUT2D eigenvalue weighted by Crippen LogP contribution is -2.06. The first-order valence-corrected chi connectivity index (χ1v) is 8.76. The van der Waals surface area contributed by atoms with Gasteiger partial charge in [0.15, 0.2) is 5.82 Å². The third-order valence-corrected chi connectivity index (χ3v) is 4.89. The maximum absolute atomic E-state index is 4.82. The summed E-state index contributed by atoms with van der Waals surface area (Å²) in [6, 6.07) is 6.22. The summed E-state index contributed by atoms with van der Waals surface area (Å²) < 4.78 is 2.10. The third-order valence-electron chi connectivity index (χ3n) is 3.61. The second kappa shape index (κ2) is 6.05. The molecule has 1 aromatic carbocycles. The van der Waals surface area contributed by atoms with Crippen LogP contribution in [0.3, 0.4) is 0 Å². The van der Waals surface area contributed by atoms with Crippen molar-refractivity contribution >= 4 is 37.7 Å². The number of nitrogens with zero attached hydrogens (tertiary/aromatic N) is 2. The zero-order chi connectivity index (χ0) is 15.0. The Bertz CT molecular complexity index is 681. The number of nitrogens with one attached hydrogen (secondary N) is 1. The van der Waals surface area contributed by atoms with Gasteiger partial charge in [0.1, 0.15) is 5.82 Å². The van der Waals surface area contributed by atoms with Gasteiger partial charge in [-0.25, -0.2) is 9.97 Å². The van der Waals surface area contributed by atoms with Crippen molar-refractivity contribution < 1.29 is 0 Å². The minimum Gasteiger partial charge on any atom is -0.369 e. The van der Waals surface area contributed by atoms with E-state index < -0.39 is 0 Å². The summed E-state index contributed by atoms with van der Waals surface area (Å²) in [5, 5.41) is 3.33. The van der Waals surface area contributed by atoms with Crippen LogP contribution in [0.15, 0.2) is 27.1 Å². The summed E-state index contributed by atoms with van der Waals surface area (Å²) in [5.74, 6) is 2.28. The van der Waals surface area contributed by atoms with Crippen molar-refractivity contribution in [3.63, 3.8) is 0 Å². The van der Waals surface area contributed by atoms with E-state index >= 15 is 0 Å². The number of hydrogen-bond acceptors (Lipinski definition) is 3. The average Bonchev–Trinajstić information content (AvgIpc) is 3.26. The molecule has 0 radical (unpaired) electrons. The van der Waals surface area contributed by atoms with Crippen LogP contribution in [-0.2, 0) is 0 Å². The van der Waals surface area contributed by atoms with Crippen molar-refractivity contribution in [3.8, 4) is 11.4 Å². The van der Waals surface area contributed by atoms with E-state index in [0.29, 0.717) is 5.92 Å². The van der Waals surface area contributed by atoms with Crippen LogP contribution < -0.4 is 5.32 Å². The number of aryl methyl sites for hydroxylation is 1. The van der Waals surface area contributed by atoms with Crippen molar-refractivity contribution in [1.82, 2.24) is 9.97 Å². The highest BCUT2D eigenvalue weighted by Crippen LogP contribution is 2.44. The van der Waals surface area contributed by atoms with Crippen molar-refractivity contribution in [1.29, 1.82) is 0 Å². The third kappa shape index (κ3) is 3.14. The first kappa shape index (κ1) is 15.0. The Morgan fingerprint density at radius 2 is 2.00 bits per heavy atom. The Labute approximate surface area is 141 Å². The van der Waals surface area contributed by atoms with Crippen LogP contribution in [0.25, 0.3) is 11.4 Å². The molecule has 1 aliphatic rings. The Morgan fingerprint density at radius 1 is 1.24 bits per heavy atom. The van der Waals surface area contributed by atoms with Gasteiger partial charge in [-0.05, 0) is 66.4 Å². The first-order chi connectivity index (χ1) is 10.1. The number of aromatic nitrogens is 2. The highest BCUT2D eigenvalue weighted by molar-refractivity contribution is 9.11. The minimum atomic E-state index is 0.578. The Balaban J connectivity index is 2.13. The largest absolute Gasteiger partial charge is 0.369 e. The highest BCUT2D eigenvalue weighted by atomic mass is 79.9. The molecule has 2 aromatic rings. The molecule has 1 aliphatic carbocycles. The van der Waals surface area contributed by atoms with Gasteiger partial charge in [-0.3, -0.25) is 0 Å². The van der Waals surface area contributed by atoms with Crippen LogP contribution >= 0.6 is 31.9 Å². The predicted octanol–water partition coefficient (Wildman–Crippen LogP) is 5.29. The van der Waals surface area contributed by atoms with Gasteiger partial charge in [-0.2, -0.15) is 0 Å². The maximum atomic E-state index is 4.82. The van der Waals surface area contributed by atoms with Gasteiger partial charge in [-0.15, -0.1) is 0 Å². The lowest BCUT2D eigenvalue weighted by atomic mass is 10.1. The van der Waals surface area contributed by atoms with Crippen LogP contribution in [0.2, 0.25) is 0 Å². The Morgan fingerprint density at radius 3 is 2.62 bits per heavy atom. The molecule has 3 nitrogen and oxygen atoms in total. The maximum Gasteiger partial charge on any atom is 0.162 e. The molecule has 1 fully saturated rings. The fourth-order valence-corrected chi connectivity index (χ4v) is 3.49. The van der Waals surface area contributed by atoms with Gasteiger partial charge in [0.05, 0.1) is 10.2 Å². The lowest BCUT2D eigenvalue weighted by molar-refractivity contribution is 0.972. The number of hydrogen-bond donors (Lipinski definition) is 1. The van der Waals surface area contributed by atoms with Crippen molar-refractivity contribution in [2.24, 2.45) is 0 Å². The SMILES string of the molecule is CCNc1nc(-c2ccc(Br)cc2C)nc(C2CC2)c1Br. The number of halogens is 2. The van der Waals surface area contributed by atoms with E-state index in [1.54, 1.807) is 0 Å². The number of rotatable bonds is 4. The molecule has 1 aromatic heterocycles. The fraction of sp³-hybridized carbons (Fsp3) is 0.375. The lowest BCUT2D eigenvalue weighted by Gasteiger charge is -2.13. The molecule has 0 aliphatic heterocycles. The second-order valence-electron chi connectivity index (χ2n) is 5.36. The summed E-state index contributed by atoms with van der Waals surface area (Å²) >= 11 is 7.17. The zero-order valence-electron chi connectivity index (χ0n) is 12.1. The molecule has 1 N–H and O–H groups in total. The van der Waals surface area contributed by atoms with E-state index in [1.807, 2.05) is 6.07 Å². The zero-order valence-corrected chi connectivity index (χ0v) is 15.3. The van der Waals surface area contributed by atoms with Crippen molar-refractivity contribution in [2.45, 2.75) is 32.6 Å². The number of benzene rings is 1. The fourth-order valence-electron chi connectivity index (χ4n) is 2.37. The van der Waals surface area contributed by atoms with E-state index in [1.165, 1.54) is 18.4 Å². The molecule has 21 heavy (non-hydrogen) atoms. The van der Waals surface area contributed by atoms with Crippen LogP contribution in [0.5, 0.6) is 0 Å². The van der Waals surface area contributed by atoms with E-state index in [2.05, 4.69) is 63.2 Å². The summed E-state index contributed by atoms with van der Waals surface area (Å²) in [7, 11) is 0. The molecular formula is C16H17Br2N3. The molecule has 3 rings (SSSR count). The van der Waals surface area contributed by atoms with Crippen LogP contribution in [0, 0.1) is 6.92 Å². The van der Waals surface area contributed by atoms with Gasteiger partial charge in [-0.1, -0.05) is 15.9 Å². The van der Waals surface area contributed by atoms with Crippen LogP contribution in [0.4, 0.5) is 5.82 Å². The molecule has 110 valence electrons. The molecule has 0 bridgehead atoms. The monoisotopic (exact) mass is 409 g/mol. The second-order valence-corrected chi connectivity index (χ2v) is 7.07. The smallest absolute Gasteiger partial charge is 0.162 e. The summed E-state index contributed by atoms with van der Waals surface area (Å²) in [4.78, 5) is 9.53. The summed E-state index contributed by atoms with van der Waals surface area (Å²) in [6.45, 7) is 5.02. The summed E-state index contributed by atoms with van der Waals surface area (Å²) in [5.41, 5.74) is 3.40. The molecule has 0 amide bonds. The Kier molecular flexibility index (Phi) is 4.31. The van der Waals surface area contributed by atoms with E-state index in [9.17, 15) is 0 Å². The summed E-state index contributed by atoms with van der Waals surface area (Å²) in [6.07, 6.45) is 2.44. The van der Waals surface area contributed by atoms with Gasteiger partial charge in [0.2, 0.25) is 0 Å². The average molecular weight is 411 g/mol. The standard InChI is InChI=1S/C16H17Br2N3/c1-3-19-16-13(18)14(10-4-5-10)20-15(21-16)12-7-6-11(17)8-9(12)2/h6-8,10H,3-5H2,1-2H3,(H,19,20,21). The normalized spacial score (nSPS) is 14.3. The van der Waals surface area contributed by atoms with Crippen LogP contribution in [0.1, 0.15) is 36.9 Å². The first-order valence-electron chi connectivity index (χ1n) is 7.18. The van der Waals surface area contributed by atoms with E-state index in [-0.39, 0.29) is 0 Å². The predicted molar refractivity (Wildman–Crippen MR) is 93.7 cm³/mol. The molecule has 0 unspecified atom stereocenters. The topological polar surface area (TPSA) is 37.8 Å². The van der Waals surface area contributed by atoms with Crippen molar-refractivity contribution in [2.75, 3.05) is 11.9 Å². The highest BCUT2D eigenvalue weighted by Gasteiger charge is 2.29. The van der Waals surface area contributed by atoms with Crippen molar-refractivity contribution in [3.05, 3.63) is 38.4 Å². The Hall–Kier alpha value is -0.940. The van der Waals surface area contributed by atoms with E-state index in [4.69, 9.17) is 9.97 Å². The molecule has 0 atom stereocenters. The van der Waals surface area contributed by atoms with Crippen LogP contribution in [-0.4, -0.2) is 16.5 Å². The molecule has 1 heterocycles. The number of anilines is 1. The minimum absolute atomic E-state index is 0.578. The quantitative estimate of drug-likeness (QED) is 0.744. The van der Waals surface area contributed by atoms with Gasteiger partial charge < -0.3 is 5.32 Å². The molecular weight excluding hydrogens is 394 g/mol. The van der Waals surface area contributed by atoms with Gasteiger partial charge in [0, 0.05) is 22.5 Å². The van der Waals surface area contributed by atoms with E-state index in [0.717, 1.165) is 38.4 Å².